The molecule has 5 nitrogen and oxygen atoms in total. The molecule has 1 atom stereocenters. The highest BCUT2D eigenvalue weighted by Crippen LogP contribution is 2.17. The Hall–Kier alpha value is -1.61. The molecule has 2 N–H and O–H groups in total. The molecule has 2 aromatic rings. The van der Waals surface area contributed by atoms with Crippen LogP contribution in [0.15, 0.2) is 46.0 Å². The van der Waals surface area contributed by atoms with Crippen molar-refractivity contribution in [3.05, 3.63) is 59.3 Å². The zero-order chi connectivity index (χ0) is 18.2. The number of nitrogens with zero attached hydrogens (tertiary/aromatic N) is 2. The number of aliphatic imine (C=N–C) groups is 1. The Morgan fingerprint density at radius 1 is 1.27 bits per heavy atom. The van der Waals surface area contributed by atoms with Crippen molar-refractivity contribution in [2.24, 2.45) is 4.99 Å². The average Bonchev–Trinajstić information content (AvgIpc) is 3.09. The molecule has 144 valence electrons. The standard InChI is InChI=1S/C19H27FN4O.HI/c1-5-21-19(22-12-15-9-8-14(2)16(20)11-15)23-13-17(24(3)4)18-7-6-10-25-18;/h6-11,17H,5,12-13H2,1-4H3,(H2,21,22,23);1H. The Bertz CT molecular complexity index is 689. The molecule has 0 aliphatic heterocycles. The summed E-state index contributed by atoms with van der Waals surface area (Å²) in [5.74, 6) is 1.40. The number of guanidine groups is 1. The van der Waals surface area contributed by atoms with Gasteiger partial charge in [-0.15, -0.1) is 24.0 Å². The van der Waals surface area contributed by atoms with Gasteiger partial charge in [0.2, 0.25) is 0 Å². The third kappa shape index (κ3) is 6.60. The first-order valence-electron chi connectivity index (χ1n) is 8.48. The van der Waals surface area contributed by atoms with E-state index >= 15 is 0 Å². The van der Waals surface area contributed by atoms with Crippen molar-refractivity contribution in [1.29, 1.82) is 0 Å². The second-order valence-electron chi connectivity index (χ2n) is 6.15. The third-order valence-corrected chi connectivity index (χ3v) is 3.96. The molecule has 2 rings (SSSR count). The van der Waals surface area contributed by atoms with Gasteiger partial charge < -0.3 is 15.1 Å². The lowest BCUT2D eigenvalue weighted by Gasteiger charge is -2.23. The topological polar surface area (TPSA) is 52.8 Å². The molecule has 0 saturated carbocycles. The van der Waals surface area contributed by atoms with E-state index in [1.807, 2.05) is 39.2 Å². The molecular formula is C19H28FIN4O. The van der Waals surface area contributed by atoms with Crippen LogP contribution in [0.2, 0.25) is 0 Å². The van der Waals surface area contributed by atoms with Crippen LogP contribution in [-0.4, -0.2) is 38.0 Å². The lowest BCUT2D eigenvalue weighted by atomic mass is 10.1. The highest BCUT2D eigenvalue weighted by atomic mass is 127. The summed E-state index contributed by atoms with van der Waals surface area (Å²) in [6.45, 7) is 5.58. The van der Waals surface area contributed by atoms with Crippen LogP contribution in [0.5, 0.6) is 0 Å². The van der Waals surface area contributed by atoms with Crippen molar-refractivity contribution in [2.75, 3.05) is 27.2 Å². The van der Waals surface area contributed by atoms with E-state index in [-0.39, 0.29) is 35.8 Å². The quantitative estimate of drug-likeness (QED) is 0.365. The number of benzene rings is 1. The Balaban J connectivity index is 0.00000338. The fourth-order valence-corrected chi connectivity index (χ4v) is 2.46. The summed E-state index contributed by atoms with van der Waals surface area (Å²) in [5, 5.41) is 6.54. The first-order chi connectivity index (χ1) is 12.0. The molecule has 1 aromatic heterocycles. The van der Waals surface area contributed by atoms with Gasteiger partial charge in [0.1, 0.15) is 11.6 Å². The van der Waals surface area contributed by atoms with E-state index in [9.17, 15) is 4.39 Å². The van der Waals surface area contributed by atoms with Gasteiger partial charge in [-0.05, 0) is 57.3 Å². The number of furan rings is 1. The molecule has 1 unspecified atom stereocenters. The third-order valence-electron chi connectivity index (χ3n) is 3.96. The highest BCUT2D eigenvalue weighted by molar-refractivity contribution is 14.0. The Labute approximate surface area is 172 Å². The summed E-state index contributed by atoms with van der Waals surface area (Å²) in [4.78, 5) is 6.63. The summed E-state index contributed by atoms with van der Waals surface area (Å²) >= 11 is 0. The van der Waals surface area contributed by atoms with E-state index in [0.717, 1.165) is 17.9 Å². The monoisotopic (exact) mass is 474 g/mol. The maximum atomic E-state index is 13.7. The number of hydrogen-bond donors (Lipinski definition) is 2. The average molecular weight is 474 g/mol. The molecule has 1 aromatic carbocycles. The van der Waals surface area contributed by atoms with Crippen LogP contribution in [0.25, 0.3) is 0 Å². The Kier molecular flexibility index (Phi) is 9.64. The van der Waals surface area contributed by atoms with Gasteiger partial charge in [-0.3, -0.25) is 4.90 Å². The van der Waals surface area contributed by atoms with E-state index in [2.05, 4.69) is 20.5 Å². The van der Waals surface area contributed by atoms with Gasteiger partial charge in [-0.1, -0.05) is 12.1 Å². The molecule has 0 spiro atoms. The number of aryl methyl sites for hydroxylation is 1. The van der Waals surface area contributed by atoms with Gasteiger partial charge in [0, 0.05) is 13.1 Å². The summed E-state index contributed by atoms with van der Waals surface area (Å²) in [7, 11) is 4.02. The molecule has 0 aliphatic rings. The lowest BCUT2D eigenvalue weighted by Crippen LogP contribution is -2.41. The Morgan fingerprint density at radius 2 is 2.04 bits per heavy atom. The molecule has 26 heavy (non-hydrogen) atoms. The first-order valence-corrected chi connectivity index (χ1v) is 8.48. The van der Waals surface area contributed by atoms with E-state index in [0.29, 0.717) is 24.6 Å². The van der Waals surface area contributed by atoms with E-state index in [1.165, 1.54) is 6.07 Å². The van der Waals surface area contributed by atoms with Crippen LogP contribution in [-0.2, 0) is 6.54 Å². The van der Waals surface area contributed by atoms with Crippen LogP contribution in [0.3, 0.4) is 0 Å². The van der Waals surface area contributed by atoms with Crippen LogP contribution in [0.1, 0.15) is 29.9 Å². The minimum atomic E-state index is -0.198. The van der Waals surface area contributed by atoms with Gasteiger partial charge in [-0.25, -0.2) is 9.38 Å². The van der Waals surface area contributed by atoms with E-state index in [1.54, 1.807) is 19.3 Å². The molecule has 1 heterocycles. The predicted octanol–water partition coefficient (Wildman–Crippen LogP) is 3.70. The minimum Gasteiger partial charge on any atom is -0.468 e. The minimum absolute atomic E-state index is 0. The molecule has 0 aliphatic carbocycles. The normalized spacial score (nSPS) is 12.6. The molecule has 0 radical (unpaired) electrons. The SMILES string of the molecule is CCNC(=NCc1ccc(C)c(F)c1)NCC(c1ccco1)N(C)C.I. The second kappa shape index (κ2) is 11.2. The van der Waals surface area contributed by atoms with Crippen LogP contribution >= 0.6 is 24.0 Å². The maximum absolute atomic E-state index is 13.7. The highest BCUT2D eigenvalue weighted by Gasteiger charge is 2.17. The zero-order valence-electron chi connectivity index (χ0n) is 15.8. The number of nitrogens with one attached hydrogen (secondary N) is 2. The smallest absolute Gasteiger partial charge is 0.191 e. The fourth-order valence-electron chi connectivity index (χ4n) is 2.46. The van der Waals surface area contributed by atoms with Crippen molar-refractivity contribution < 1.29 is 8.81 Å². The number of hydrogen-bond acceptors (Lipinski definition) is 3. The maximum Gasteiger partial charge on any atom is 0.191 e. The van der Waals surface area contributed by atoms with Crippen LogP contribution < -0.4 is 10.6 Å². The van der Waals surface area contributed by atoms with Crippen LogP contribution in [0, 0.1) is 12.7 Å². The zero-order valence-corrected chi connectivity index (χ0v) is 18.1. The fraction of sp³-hybridized carbons (Fsp3) is 0.421. The van der Waals surface area contributed by atoms with Crippen molar-refractivity contribution in [1.82, 2.24) is 15.5 Å². The molecular weight excluding hydrogens is 446 g/mol. The van der Waals surface area contributed by atoms with Gasteiger partial charge >= 0.3 is 0 Å². The van der Waals surface area contributed by atoms with Gasteiger partial charge in [-0.2, -0.15) is 0 Å². The van der Waals surface area contributed by atoms with Crippen molar-refractivity contribution in [2.45, 2.75) is 26.4 Å². The summed E-state index contributed by atoms with van der Waals surface area (Å²) < 4.78 is 19.2. The number of rotatable bonds is 7. The molecule has 0 bridgehead atoms. The summed E-state index contributed by atoms with van der Waals surface area (Å²) in [6, 6.07) is 9.16. The van der Waals surface area contributed by atoms with Crippen molar-refractivity contribution in [3.63, 3.8) is 0 Å². The van der Waals surface area contributed by atoms with E-state index < -0.39 is 0 Å². The van der Waals surface area contributed by atoms with E-state index in [4.69, 9.17) is 4.42 Å². The van der Waals surface area contributed by atoms with Gasteiger partial charge in [0.25, 0.3) is 0 Å². The Morgan fingerprint density at radius 3 is 2.62 bits per heavy atom. The molecule has 7 heteroatoms. The predicted molar refractivity (Wildman–Crippen MR) is 115 cm³/mol. The molecule has 0 fully saturated rings. The summed E-state index contributed by atoms with van der Waals surface area (Å²) in [6.07, 6.45) is 1.68. The van der Waals surface area contributed by atoms with Gasteiger partial charge in [0.15, 0.2) is 5.96 Å². The lowest BCUT2D eigenvalue weighted by molar-refractivity contribution is 0.258. The number of halogens is 2. The van der Waals surface area contributed by atoms with Crippen molar-refractivity contribution in [3.8, 4) is 0 Å². The van der Waals surface area contributed by atoms with Gasteiger partial charge in [0.05, 0.1) is 18.8 Å². The molecule has 0 amide bonds. The first kappa shape index (κ1) is 22.4. The molecule has 0 saturated heterocycles. The van der Waals surface area contributed by atoms with Crippen LogP contribution in [0.4, 0.5) is 4.39 Å². The second-order valence-corrected chi connectivity index (χ2v) is 6.15. The largest absolute Gasteiger partial charge is 0.468 e. The number of likely N-dealkylation sites (N-methyl/N-ethyl adjacent to an activating group) is 1. The van der Waals surface area contributed by atoms with Crippen molar-refractivity contribution >= 4 is 29.9 Å². The summed E-state index contributed by atoms with van der Waals surface area (Å²) in [5.41, 5.74) is 1.49.